The minimum absolute atomic E-state index is 1.13. The molecule has 11 aromatic carbocycles. The van der Waals surface area contributed by atoms with Gasteiger partial charge in [-0.15, -0.1) is 11.3 Å². The second-order valence-electron chi connectivity index (χ2n) is 15.2. The number of thiophene rings is 1. The lowest BCUT2D eigenvalue weighted by Crippen LogP contribution is -2.09. The topological polar surface area (TPSA) is 3.24 Å². The Morgan fingerprint density at radius 2 is 0.707 bits per heavy atom. The van der Waals surface area contributed by atoms with Crippen LogP contribution in [0.15, 0.2) is 212 Å². The average molecular weight is 754 g/mol. The first-order valence-corrected chi connectivity index (χ1v) is 20.7. The van der Waals surface area contributed by atoms with Gasteiger partial charge in [-0.05, 0) is 143 Å². The Balaban J connectivity index is 1.12. The van der Waals surface area contributed by atoms with Crippen molar-refractivity contribution >= 4 is 102 Å². The molecule has 0 spiro atoms. The van der Waals surface area contributed by atoms with E-state index in [9.17, 15) is 0 Å². The van der Waals surface area contributed by atoms with Gasteiger partial charge in [0.1, 0.15) is 0 Å². The zero-order valence-electron chi connectivity index (χ0n) is 31.6. The summed E-state index contributed by atoms with van der Waals surface area (Å²) in [7, 11) is 0. The van der Waals surface area contributed by atoms with E-state index in [1.165, 1.54) is 96.3 Å². The molecule has 58 heavy (non-hydrogen) atoms. The highest BCUT2D eigenvalue weighted by Gasteiger charge is 2.19. The first-order valence-electron chi connectivity index (χ1n) is 19.9. The summed E-state index contributed by atoms with van der Waals surface area (Å²) in [5.74, 6) is 0. The summed E-state index contributed by atoms with van der Waals surface area (Å²) in [6, 6.07) is 78.3. The predicted molar refractivity (Wildman–Crippen MR) is 252 cm³/mol. The second kappa shape index (κ2) is 13.2. The third-order valence-electron chi connectivity index (χ3n) is 12.0. The summed E-state index contributed by atoms with van der Waals surface area (Å²) in [5, 5.41) is 15.4. The van der Waals surface area contributed by atoms with Crippen molar-refractivity contribution in [1.82, 2.24) is 0 Å². The molecule has 0 aliphatic heterocycles. The van der Waals surface area contributed by atoms with Crippen LogP contribution in [-0.2, 0) is 0 Å². The molecular formula is C56H35NS. The first-order chi connectivity index (χ1) is 28.8. The lowest BCUT2D eigenvalue weighted by molar-refractivity contribution is 1.29. The van der Waals surface area contributed by atoms with Gasteiger partial charge in [0.15, 0.2) is 0 Å². The lowest BCUT2D eigenvalue weighted by atomic mass is 9.86. The van der Waals surface area contributed by atoms with Crippen LogP contribution in [0.1, 0.15) is 0 Å². The minimum Gasteiger partial charge on any atom is -0.310 e. The molecule has 0 saturated carbocycles. The van der Waals surface area contributed by atoms with Crippen molar-refractivity contribution < 1.29 is 0 Å². The van der Waals surface area contributed by atoms with E-state index in [0.29, 0.717) is 0 Å². The summed E-state index contributed by atoms with van der Waals surface area (Å²) >= 11 is 1.87. The van der Waals surface area contributed by atoms with Gasteiger partial charge in [0.2, 0.25) is 0 Å². The highest BCUT2D eigenvalue weighted by Crippen LogP contribution is 2.47. The minimum atomic E-state index is 1.13. The van der Waals surface area contributed by atoms with E-state index in [1.807, 2.05) is 11.3 Å². The maximum atomic E-state index is 2.45. The molecular weight excluding hydrogens is 719 g/mol. The lowest BCUT2D eigenvalue weighted by Gasteiger charge is -2.26. The van der Waals surface area contributed by atoms with Crippen LogP contribution < -0.4 is 4.90 Å². The number of anilines is 3. The Morgan fingerprint density at radius 3 is 1.38 bits per heavy atom. The highest BCUT2D eigenvalue weighted by atomic mass is 32.1. The number of hydrogen-bond acceptors (Lipinski definition) is 2. The summed E-state index contributed by atoms with van der Waals surface area (Å²) in [6.07, 6.45) is 0. The molecule has 0 saturated heterocycles. The normalized spacial score (nSPS) is 11.8. The third-order valence-corrected chi connectivity index (χ3v) is 13.1. The van der Waals surface area contributed by atoms with Crippen molar-refractivity contribution in [2.75, 3.05) is 4.90 Å². The number of nitrogens with zero attached hydrogens (tertiary/aromatic N) is 1. The van der Waals surface area contributed by atoms with Crippen molar-refractivity contribution in [3.63, 3.8) is 0 Å². The fraction of sp³-hybridized carbons (Fsp3) is 0. The number of fused-ring (bicyclic) bond motifs is 14. The van der Waals surface area contributed by atoms with Crippen LogP contribution in [0.25, 0.3) is 96.3 Å². The maximum absolute atomic E-state index is 2.45. The molecule has 0 N–H and O–H groups in total. The summed E-state index contributed by atoms with van der Waals surface area (Å²) < 4.78 is 2.66. The fourth-order valence-electron chi connectivity index (χ4n) is 9.36. The number of para-hydroxylation sites is 2. The van der Waals surface area contributed by atoms with E-state index in [2.05, 4.69) is 217 Å². The molecule has 0 radical (unpaired) electrons. The Morgan fingerprint density at radius 1 is 0.241 bits per heavy atom. The van der Waals surface area contributed by atoms with Crippen LogP contribution in [0.3, 0.4) is 0 Å². The average Bonchev–Trinajstić information content (AvgIpc) is 3.67. The van der Waals surface area contributed by atoms with Crippen LogP contribution in [0.2, 0.25) is 0 Å². The van der Waals surface area contributed by atoms with Crippen molar-refractivity contribution in [2.45, 2.75) is 0 Å². The van der Waals surface area contributed by atoms with E-state index in [4.69, 9.17) is 0 Å². The van der Waals surface area contributed by atoms with Crippen molar-refractivity contribution in [3.05, 3.63) is 212 Å². The van der Waals surface area contributed by atoms with Crippen molar-refractivity contribution in [2.24, 2.45) is 0 Å². The first kappa shape index (κ1) is 32.9. The van der Waals surface area contributed by atoms with E-state index in [1.54, 1.807) is 0 Å². The van der Waals surface area contributed by atoms with Gasteiger partial charge in [-0.1, -0.05) is 146 Å². The molecule has 12 aromatic rings. The molecule has 270 valence electrons. The van der Waals surface area contributed by atoms with Gasteiger partial charge >= 0.3 is 0 Å². The van der Waals surface area contributed by atoms with Gasteiger partial charge < -0.3 is 4.90 Å². The molecule has 0 aliphatic carbocycles. The molecule has 0 fully saturated rings. The molecule has 1 aromatic heterocycles. The van der Waals surface area contributed by atoms with Gasteiger partial charge in [0.25, 0.3) is 0 Å². The number of rotatable bonds is 5. The van der Waals surface area contributed by atoms with Gasteiger partial charge in [-0.2, -0.15) is 0 Å². The maximum Gasteiger partial charge on any atom is 0.0468 e. The van der Waals surface area contributed by atoms with E-state index >= 15 is 0 Å². The molecule has 0 amide bonds. The van der Waals surface area contributed by atoms with Gasteiger partial charge in [-0.25, -0.2) is 0 Å². The standard InChI is InChI=1S/C56H35NS/c1-3-16-40(17-4-1)57(41-18-5-2-6-19-41)42-28-30-49-50(35-42)45-29-26-38(34-52(45)56-48-24-10-8-21-44(48)43-20-7-9-23-47(43)55(49)56)36-14-13-15-37(32-36)39-27-31-54-51(33-39)46-22-11-12-25-53(46)58-54/h1-35H. The third kappa shape index (κ3) is 5.16. The number of hydrogen-bond donors (Lipinski definition) is 0. The smallest absolute Gasteiger partial charge is 0.0468 e. The zero-order valence-corrected chi connectivity index (χ0v) is 32.4. The van der Waals surface area contributed by atoms with Crippen LogP contribution in [-0.4, -0.2) is 0 Å². The molecule has 0 aliphatic rings. The highest BCUT2D eigenvalue weighted by molar-refractivity contribution is 7.25. The van der Waals surface area contributed by atoms with E-state index in [-0.39, 0.29) is 0 Å². The summed E-state index contributed by atoms with van der Waals surface area (Å²) in [4.78, 5) is 2.37. The van der Waals surface area contributed by atoms with E-state index in [0.717, 1.165) is 17.1 Å². The monoisotopic (exact) mass is 753 g/mol. The molecule has 0 bridgehead atoms. The second-order valence-corrected chi connectivity index (χ2v) is 16.3. The summed E-state index contributed by atoms with van der Waals surface area (Å²) in [6.45, 7) is 0. The molecule has 12 rings (SSSR count). The molecule has 0 unspecified atom stereocenters. The largest absolute Gasteiger partial charge is 0.310 e. The van der Waals surface area contributed by atoms with Crippen molar-refractivity contribution in [3.8, 4) is 22.3 Å². The van der Waals surface area contributed by atoms with Crippen molar-refractivity contribution in [1.29, 1.82) is 0 Å². The molecule has 2 heteroatoms. The Hall–Kier alpha value is -7.26. The van der Waals surface area contributed by atoms with E-state index < -0.39 is 0 Å². The van der Waals surface area contributed by atoms with Crippen LogP contribution in [0.5, 0.6) is 0 Å². The van der Waals surface area contributed by atoms with Crippen LogP contribution in [0, 0.1) is 0 Å². The molecule has 1 nitrogen and oxygen atoms in total. The summed E-state index contributed by atoms with van der Waals surface area (Å²) in [5.41, 5.74) is 8.26. The van der Waals surface area contributed by atoms with Crippen LogP contribution in [0.4, 0.5) is 17.1 Å². The fourth-order valence-corrected chi connectivity index (χ4v) is 10.5. The quantitative estimate of drug-likeness (QED) is 0.158. The van der Waals surface area contributed by atoms with Gasteiger partial charge in [0.05, 0.1) is 0 Å². The number of benzene rings is 11. The van der Waals surface area contributed by atoms with Crippen LogP contribution >= 0.6 is 11.3 Å². The Labute approximate surface area is 340 Å². The van der Waals surface area contributed by atoms with Gasteiger partial charge in [-0.3, -0.25) is 0 Å². The molecule has 0 atom stereocenters. The zero-order chi connectivity index (χ0) is 38.2. The molecule has 1 heterocycles. The predicted octanol–water partition coefficient (Wildman–Crippen LogP) is 16.6. The Kier molecular flexibility index (Phi) is 7.47. The SMILES string of the molecule is c1ccc(N(c2ccccc2)c2ccc3c(c2)c2ccc(-c4cccc(-c5ccc6sc7ccccc7c6c5)c4)cc2c2c4ccccc4c4ccccc4c32)cc1. The Bertz CT molecular complexity index is 3530. The van der Waals surface area contributed by atoms with Gasteiger partial charge in [0, 0.05) is 37.2 Å².